The van der Waals surface area contributed by atoms with Gasteiger partial charge in [0.25, 0.3) is 0 Å². The van der Waals surface area contributed by atoms with Crippen molar-refractivity contribution in [2.45, 2.75) is 19.6 Å². The van der Waals surface area contributed by atoms with Crippen molar-refractivity contribution in [2.24, 2.45) is 0 Å². The van der Waals surface area contributed by atoms with Crippen molar-refractivity contribution in [1.82, 2.24) is 29.3 Å². The molecule has 2 aromatic carbocycles. The Balaban J connectivity index is 1.45. The minimum atomic E-state index is -4.50. The molecule has 12 heteroatoms. The SMILES string of the molecule is COc1ccc(-c2cc3nn(Cc4nc(-c5cccc(C(F)(F)F)c5)no4)c(=O)n3c(C)n2)cc1. The molecule has 0 fully saturated rings. The van der Waals surface area contributed by atoms with Crippen LogP contribution in [0.2, 0.25) is 0 Å². The van der Waals surface area contributed by atoms with E-state index in [9.17, 15) is 18.0 Å². The van der Waals surface area contributed by atoms with Gasteiger partial charge < -0.3 is 9.26 Å². The summed E-state index contributed by atoms with van der Waals surface area (Å²) in [6.45, 7) is 1.52. The van der Waals surface area contributed by atoms with E-state index in [1.165, 1.54) is 16.5 Å². The Morgan fingerprint density at radius 1 is 1.03 bits per heavy atom. The molecule has 0 saturated heterocycles. The summed E-state index contributed by atoms with van der Waals surface area (Å²) in [6.07, 6.45) is -4.50. The highest BCUT2D eigenvalue weighted by atomic mass is 19.4. The Morgan fingerprint density at radius 3 is 2.51 bits per heavy atom. The second kappa shape index (κ2) is 8.38. The number of nitrogens with zero attached hydrogens (tertiary/aromatic N) is 6. The first kappa shape index (κ1) is 22.3. The molecule has 0 amide bonds. The lowest BCUT2D eigenvalue weighted by atomic mass is 10.1. The van der Waals surface area contributed by atoms with Gasteiger partial charge >= 0.3 is 11.9 Å². The third-order valence-electron chi connectivity index (χ3n) is 5.32. The smallest absolute Gasteiger partial charge is 0.416 e. The third kappa shape index (κ3) is 4.25. The van der Waals surface area contributed by atoms with Crippen LogP contribution in [0, 0.1) is 6.92 Å². The summed E-state index contributed by atoms with van der Waals surface area (Å²) >= 11 is 0. The number of ether oxygens (including phenoxy) is 1. The summed E-state index contributed by atoms with van der Waals surface area (Å²) in [7, 11) is 1.58. The molecule has 3 aromatic heterocycles. The maximum absolute atomic E-state index is 13.0. The van der Waals surface area contributed by atoms with Crippen LogP contribution in [0.25, 0.3) is 28.3 Å². The summed E-state index contributed by atoms with van der Waals surface area (Å²) < 4.78 is 51.8. The van der Waals surface area contributed by atoms with E-state index < -0.39 is 17.4 Å². The quantitative estimate of drug-likeness (QED) is 0.373. The number of aryl methyl sites for hydroxylation is 1. The van der Waals surface area contributed by atoms with Crippen molar-refractivity contribution in [3.63, 3.8) is 0 Å². The van der Waals surface area contributed by atoms with Crippen molar-refractivity contribution in [3.05, 3.63) is 82.4 Å². The van der Waals surface area contributed by atoms with E-state index in [1.54, 1.807) is 32.2 Å². The molecule has 35 heavy (non-hydrogen) atoms. The Labute approximate surface area is 195 Å². The van der Waals surface area contributed by atoms with Crippen molar-refractivity contribution in [3.8, 4) is 28.4 Å². The van der Waals surface area contributed by atoms with Gasteiger partial charge in [-0.2, -0.15) is 18.2 Å². The number of aromatic nitrogens is 6. The largest absolute Gasteiger partial charge is 0.497 e. The molecule has 178 valence electrons. The van der Waals surface area contributed by atoms with Gasteiger partial charge in [-0.15, -0.1) is 5.10 Å². The lowest BCUT2D eigenvalue weighted by Crippen LogP contribution is -2.23. The van der Waals surface area contributed by atoms with Crippen LogP contribution in [0.4, 0.5) is 13.2 Å². The average Bonchev–Trinajstić information content (AvgIpc) is 3.43. The second-order valence-electron chi connectivity index (χ2n) is 7.64. The number of alkyl halides is 3. The van der Waals surface area contributed by atoms with Gasteiger partial charge in [-0.3, -0.25) is 0 Å². The molecule has 9 nitrogen and oxygen atoms in total. The zero-order chi connectivity index (χ0) is 24.7. The van der Waals surface area contributed by atoms with Gasteiger partial charge in [-0.1, -0.05) is 17.3 Å². The number of hydrogen-bond acceptors (Lipinski definition) is 7. The zero-order valence-corrected chi connectivity index (χ0v) is 18.4. The van der Waals surface area contributed by atoms with Crippen LogP contribution in [-0.2, 0) is 12.7 Å². The Morgan fingerprint density at radius 2 is 1.80 bits per heavy atom. The van der Waals surface area contributed by atoms with E-state index in [4.69, 9.17) is 9.26 Å². The minimum Gasteiger partial charge on any atom is -0.497 e. The molecule has 0 bridgehead atoms. The van der Waals surface area contributed by atoms with Crippen molar-refractivity contribution in [1.29, 1.82) is 0 Å². The van der Waals surface area contributed by atoms with Gasteiger partial charge in [0.05, 0.1) is 18.4 Å². The van der Waals surface area contributed by atoms with Crippen LogP contribution in [0.15, 0.2) is 63.9 Å². The predicted octanol–water partition coefficient (Wildman–Crippen LogP) is 3.99. The molecule has 0 spiro atoms. The van der Waals surface area contributed by atoms with Gasteiger partial charge in [-0.05, 0) is 43.3 Å². The van der Waals surface area contributed by atoms with E-state index in [2.05, 4.69) is 20.2 Å². The first-order chi connectivity index (χ1) is 16.7. The lowest BCUT2D eigenvalue weighted by molar-refractivity contribution is -0.137. The van der Waals surface area contributed by atoms with E-state index in [0.717, 1.165) is 22.4 Å². The second-order valence-corrected chi connectivity index (χ2v) is 7.64. The molecule has 0 atom stereocenters. The fourth-order valence-corrected chi connectivity index (χ4v) is 3.61. The molecule has 3 heterocycles. The molecule has 0 aliphatic heterocycles. The van der Waals surface area contributed by atoms with E-state index in [0.29, 0.717) is 22.9 Å². The lowest BCUT2D eigenvalue weighted by Gasteiger charge is -2.06. The molecule has 0 radical (unpaired) electrons. The monoisotopic (exact) mass is 482 g/mol. The Hall–Kier alpha value is -4.48. The molecule has 0 saturated carbocycles. The molecular weight excluding hydrogens is 465 g/mol. The van der Waals surface area contributed by atoms with Crippen LogP contribution >= 0.6 is 0 Å². The minimum absolute atomic E-state index is 0.0175. The van der Waals surface area contributed by atoms with Crippen molar-refractivity contribution >= 4 is 5.65 Å². The number of rotatable bonds is 5. The van der Waals surface area contributed by atoms with Gasteiger partial charge in [0, 0.05) is 17.2 Å². The highest BCUT2D eigenvalue weighted by molar-refractivity contribution is 5.64. The summed E-state index contributed by atoms with van der Waals surface area (Å²) in [6, 6.07) is 13.6. The van der Waals surface area contributed by atoms with E-state index in [-0.39, 0.29) is 23.8 Å². The molecule has 0 aliphatic carbocycles. The van der Waals surface area contributed by atoms with Crippen LogP contribution < -0.4 is 10.4 Å². The fraction of sp³-hybridized carbons (Fsp3) is 0.174. The van der Waals surface area contributed by atoms with Gasteiger partial charge in [-0.25, -0.2) is 18.9 Å². The number of benzene rings is 2. The molecule has 0 N–H and O–H groups in total. The number of hydrogen-bond donors (Lipinski definition) is 0. The average molecular weight is 482 g/mol. The molecule has 5 rings (SSSR count). The normalized spacial score (nSPS) is 11.8. The summed E-state index contributed by atoms with van der Waals surface area (Å²) in [5, 5.41) is 8.09. The zero-order valence-electron chi connectivity index (χ0n) is 18.4. The van der Waals surface area contributed by atoms with E-state index in [1.807, 2.05) is 12.1 Å². The summed E-state index contributed by atoms with van der Waals surface area (Å²) in [5.74, 6) is 1.13. The van der Waals surface area contributed by atoms with Gasteiger partial charge in [0.1, 0.15) is 18.1 Å². The maximum atomic E-state index is 13.0. The molecule has 0 aliphatic rings. The first-order valence-electron chi connectivity index (χ1n) is 10.3. The van der Waals surface area contributed by atoms with Gasteiger partial charge in [0.2, 0.25) is 11.7 Å². The van der Waals surface area contributed by atoms with Crippen LogP contribution in [0.3, 0.4) is 0 Å². The summed E-state index contributed by atoms with van der Waals surface area (Å²) in [5.41, 5.74) is 0.659. The van der Waals surface area contributed by atoms with Gasteiger partial charge in [0.15, 0.2) is 5.65 Å². The molecular formula is C23H17F3N6O3. The highest BCUT2D eigenvalue weighted by Crippen LogP contribution is 2.31. The van der Waals surface area contributed by atoms with E-state index >= 15 is 0 Å². The predicted molar refractivity (Wildman–Crippen MR) is 118 cm³/mol. The molecule has 5 aromatic rings. The topological polar surface area (TPSA) is 100 Å². The number of methoxy groups -OCH3 is 1. The number of halogens is 3. The maximum Gasteiger partial charge on any atom is 0.416 e. The van der Waals surface area contributed by atoms with Crippen LogP contribution in [0.1, 0.15) is 17.3 Å². The molecule has 0 unspecified atom stereocenters. The van der Waals surface area contributed by atoms with Crippen molar-refractivity contribution in [2.75, 3.05) is 7.11 Å². The summed E-state index contributed by atoms with van der Waals surface area (Å²) in [4.78, 5) is 21.5. The van der Waals surface area contributed by atoms with Crippen LogP contribution in [0.5, 0.6) is 5.75 Å². The highest BCUT2D eigenvalue weighted by Gasteiger charge is 2.30. The first-order valence-corrected chi connectivity index (χ1v) is 10.3. The standard InChI is InChI=1S/C23H17F3N6O3/c1-13-27-18(14-6-8-17(34-2)9-7-14)11-19-29-31(22(33)32(13)19)12-20-28-21(30-35-20)15-4-3-5-16(10-15)23(24,25)26/h3-11H,12H2,1-2H3. The van der Waals surface area contributed by atoms with Crippen LogP contribution in [-0.4, -0.2) is 36.4 Å². The Bertz CT molecular complexity index is 1590. The van der Waals surface area contributed by atoms with Crippen molar-refractivity contribution < 1.29 is 22.4 Å². The third-order valence-corrected chi connectivity index (χ3v) is 5.32. The fourth-order valence-electron chi connectivity index (χ4n) is 3.61. The number of fused-ring (bicyclic) bond motifs is 1. The Kier molecular flexibility index (Phi) is 5.35.